The van der Waals surface area contributed by atoms with Crippen LogP contribution in [0.4, 0.5) is 0 Å². The first kappa shape index (κ1) is 16.7. The Labute approximate surface area is 164 Å². The lowest BCUT2D eigenvalue weighted by Gasteiger charge is -2.08. The van der Waals surface area contributed by atoms with Gasteiger partial charge in [0.05, 0.1) is 12.8 Å². The lowest BCUT2D eigenvalue weighted by atomic mass is 10.1. The van der Waals surface area contributed by atoms with Gasteiger partial charge < -0.3 is 4.42 Å². The summed E-state index contributed by atoms with van der Waals surface area (Å²) < 4.78 is 13.0. The molecule has 0 aliphatic heterocycles. The molecule has 0 spiro atoms. The van der Waals surface area contributed by atoms with Gasteiger partial charge in [0.25, 0.3) is 0 Å². The van der Waals surface area contributed by atoms with Gasteiger partial charge in [0, 0.05) is 11.5 Å². The standard InChI is InChI=1S/C19H17N5OS2/c1-12-4-2-5-14(10-12)17-21-22-18(24(17)11-15-6-3-9-25-15)26-19-20-16(23-27-19)13-7-8-13/h2-6,9-10,13H,7-8,11H2,1H3. The number of hydrogen-bond acceptors (Lipinski definition) is 7. The summed E-state index contributed by atoms with van der Waals surface area (Å²) in [6.45, 7) is 2.65. The van der Waals surface area contributed by atoms with Crippen molar-refractivity contribution in [1.29, 1.82) is 0 Å². The molecule has 27 heavy (non-hydrogen) atoms. The van der Waals surface area contributed by atoms with Crippen molar-refractivity contribution in [2.45, 2.75) is 41.7 Å². The van der Waals surface area contributed by atoms with E-state index in [1.807, 2.05) is 18.2 Å². The minimum Gasteiger partial charge on any atom is -0.467 e. The summed E-state index contributed by atoms with van der Waals surface area (Å²) in [6.07, 6.45) is 4.09. The fraction of sp³-hybridized carbons (Fsp3) is 0.263. The number of nitrogens with zero attached hydrogens (tertiary/aromatic N) is 5. The third kappa shape index (κ3) is 3.54. The average molecular weight is 396 g/mol. The minimum absolute atomic E-state index is 0.555. The molecule has 1 aliphatic rings. The molecule has 136 valence electrons. The maximum absolute atomic E-state index is 5.56. The van der Waals surface area contributed by atoms with Gasteiger partial charge in [-0.2, -0.15) is 4.37 Å². The monoisotopic (exact) mass is 395 g/mol. The number of aromatic nitrogens is 5. The van der Waals surface area contributed by atoms with Crippen LogP contribution in [0.25, 0.3) is 11.4 Å². The van der Waals surface area contributed by atoms with E-state index in [0.29, 0.717) is 12.5 Å². The van der Waals surface area contributed by atoms with Gasteiger partial charge in [-0.05, 0) is 61.3 Å². The topological polar surface area (TPSA) is 69.6 Å². The molecule has 3 heterocycles. The summed E-state index contributed by atoms with van der Waals surface area (Å²) in [7, 11) is 0. The van der Waals surface area contributed by atoms with Crippen LogP contribution in [0.1, 0.15) is 35.9 Å². The number of furan rings is 1. The molecule has 1 aromatic carbocycles. The van der Waals surface area contributed by atoms with Crippen molar-refractivity contribution in [1.82, 2.24) is 24.1 Å². The van der Waals surface area contributed by atoms with E-state index in [1.165, 1.54) is 41.7 Å². The molecule has 0 amide bonds. The largest absolute Gasteiger partial charge is 0.467 e. The molecule has 1 saturated carbocycles. The van der Waals surface area contributed by atoms with Crippen LogP contribution in [-0.4, -0.2) is 24.1 Å². The van der Waals surface area contributed by atoms with Gasteiger partial charge in [-0.1, -0.05) is 23.8 Å². The van der Waals surface area contributed by atoms with E-state index >= 15 is 0 Å². The average Bonchev–Trinajstić information content (AvgIpc) is 3.06. The lowest BCUT2D eigenvalue weighted by Crippen LogP contribution is -2.03. The minimum atomic E-state index is 0.555. The van der Waals surface area contributed by atoms with Crippen LogP contribution in [0.2, 0.25) is 0 Å². The molecule has 0 atom stereocenters. The zero-order chi connectivity index (χ0) is 18.2. The third-order valence-corrected chi connectivity index (χ3v) is 6.18. The van der Waals surface area contributed by atoms with Gasteiger partial charge in [-0.25, -0.2) is 4.98 Å². The van der Waals surface area contributed by atoms with E-state index in [1.54, 1.807) is 6.26 Å². The van der Waals surface area contributed by atoms with Crippen molar-refractivity contribution in [2.75, 3.05) is 0 Å². The Morgan fingerprint density at radius 3 is 2.93 bits per heavy atom. The summed E-state index contributed by atoms with van der Waals surface area (Å²) in [4.78, 5) is 4.67. The predicted molar refractivity (Wildman–Crippen MR) is 104 cm³/mol. The zero-order valence-corrected chi connectivity index (χ0v) is 16.3. The fourth-order valence-corrected chi connectivity index (χ4v) is 4.53. The number of rotatable bonds is 6. The molecule has 5 rings (SSSR count). The van der Waals surface area contributed by atoms with Crippen LogP contribution in [0, 0.1) is 6.92 Å². The van der Waals surface area contributed by atoms with Crippen LogP contribution in [0.5, 0.6) is 0 Å². The Bertz CT molecular complexity index is 1070. The van der Waals surface area contributed by atoms with E-state index in [4.69, 9.17) is 4.42 Å². The summed E-state index contributed by atoms with van der Waals surface area (Å²) in [5.74, 6) is 3.21. The van der Waals surface area contributed by atoms with E-state index < -0.39 is 0 Å². The van der Waals surface area contributed by atoms with Gasteiger partial charge in [0.2, 0.25) is 0 Å². The SMILES string of the molecule is Cc1cccc(-c2nnc(Sc3nc(C4CC4)ns3)n2Cc2ccco2)c1. The molecule has 0 bridgehead atoms. The first-order valence-corrected chi connectivity index (χ1v) is 10.4. The molecule has 1 fully saturated rings. The fourth-order valence-electron chi connectivity index (χ4n) is 2.91. The van der Waals surface area contributed by atoms with E-state index in [9.17, 15) is 0 Å². The summed E-state index contributed by atoms with van der Waals surface area (Å²) in [5, 5.41) is 9.70. The molecular formula is C19H17N5OS2. The van der Waals surface area contributed by atoms with Crippen molar-refractivity contribution in [3.05, 3.63) is 59.8 Å². The van der Waals surface area contributed by atoms with Gasteiger partial charge in [-0.15, -0.1) is 10.2 Å². The van der Waals surface area contributed by atoms with Crippen molar-refractivity contribution in [2.24, 2.45) is 0 Å². The van der Waals surface area contributed by atoms with Crippen molar-refractivity contribution in [3.63, 3.8) is 0 Å². The Morgan fingerprint density at radius 2 is 2.15 bits per heavy atom. The van der Waals surface area contributed by atoms with Crippen LogP contribution in [-0.2, 0) is 6.54 Å². The predicted octanol–water partition coefficient (Wildman–Crippen LogP) is 4.77. The highest BCUT2D eigenvalue weighted by Gasteiger charge is 2.28. The first-order chi connectivity index (χ1) is 13.3. The summed E-state index contributed by atoms with van der Waals surface area (Å²) >= 11 is 2.95. The Balaban J connectivity index is 1.51. The Morgan fingerprint density at radius 1 is 1.22 bits per heavy atom. The highest BCUT2D eigenvalue weighted by molar-refractivity contribution is 8.00. The maximum atomic E-state index is 5.56. The molecule has 4 aromatic rings. The van der Waals surface area contributed by atoms with E-state index in [2.05, 4.69) is 49.2 Å². The molecule has 0 radical (unpaired) electrons. The lowest BCUT2D eigenvalue weighted by molar-refractivity contribution is 0.485. The normalized spacial score (nSPS) is 14.0. The highest BCUT2D eigenvalue weighted by Crippen LogP contribution is 2.40. The molecule has 0 unspecified atom stereocenters. The smallest absolute Gasteiger partial charge is 0.199 e. The number of hydrogen-bond donors (Lipinski definition) is 0. The van der Waals surface area contributed by atoms with Crippen molar-refractivity contribution >= 4 is 23.3 Å². The Hall–Kier alpha value is -2.45. The molecule has 8 heteroatoms. The van der Waals surface area contributed by atoms with Gasteiger partial charge >= 0.3 is 0 Å². The first-order valence-electron chi connectivity index (χ1n) is 8.80. The van der Waals surface area contributed by atoms with E-state index in [0.717, 1.165) is 32.5 Å². The molecule has 3 aromatic heterocycles. The van der Waals surface area contributed by atoms with Crippen LogP contribution >= 0.6 is 23.3 Å². The zero-order valence-electron chi connectivity index (χ0n) is 14.7. The number of benzene rings is 1. The van der Waals surface area contributed by atoms with Crippen LogP contribution < -0.4 is 0 Å². The molecule has 0 saturated heterocycles. The highest BCUT2D eigenvalue weighted by atomic mass is 32.2. The second-order valence-corrected chi connectivity index (χ2v) is 8.60. The van der Waals surface area contributed by atoms with Gasteiger partial charge in [-0.3, -0.25) is 4.57 Å². The van der Waals surface area contributed by atoms with Crippen molar-refractivity contribution < 1.29 is 4.42 Å². The van der Waals surface area contributed by atoms with Gasteiger partial charge in [0.15, 0.2) is 15.3 Å². The molecule has 6 nitrogen and oxygen atoms in total. The van der Waals surface area contributed by atoms with Crippen LogP contribution in [0.3, 0.4) is 0 Å². The number of aryl methyl sites for hydroxylation is 1. The third-order valence-electron chi connectivity index (χ3n) is 4.43. The summed E-state index contributed by atoms with van der Waals surface area (Å²) in [5.41, 5.74) is 2.23. The van der Waals surface area contributed by atoms with Gasteiger partial charge in [0.1, 0.15) is 11.6 Å². The second-order valence-electron chi connectivity index (χ2n) is 6.64. The second kappa shape index (κ2) is 6.94. The molecular weight excluding hydrogens is 378 g/mol. The molecule has 1 aliphatic carbocycles. The van der Waals surface area contributed by atoms with E-state index in [-0.39, 0.29) is 0 Å². The maximum Gasteiger partial charge on any atom is 0.199 e. The molecule has 0 N–H and O–H groups in total. The quantitative estimate of drug-likeness (QED) is 0.468. The summed E-state index contributed by atoms with van der Waals surface area (Å²) in [6, 6.07) is 12.1. The van der Waals surface area contributed by atoms with Crippen molar-refractivity contribution in [3.8, 4) is 11.4 Å². The van der Waals surface area contributed by atoms with Crippen LogP contribution in [0.15, 0.2) is 56.6 Å². The Kier molecular flexibility index (Phi) is 4.29.